The lowest BCUT2D eigenvalue weighted by Gasteiger charge is -2.38. The number of hydrogen-bond acceptors (Lipinski definition) is 3. The van der Waals surface area contributed by atoms with Crippen LogP contribution in [-0.2, 0) is 13.0 Å². The molecule has 1 N–H and O–H groups in total. The van der Waals surface area contributed by atoms with Crippen LogP contribution in [0.25, 0.3) is 0 Å². The third-order valence-electron chi connectivity index (χ3n) is 7.83. The Bertz CT molecular complexity index is 1270. The van der Waals surface area contributed by atoms with Crippen molar-refractivity contribution in [2.75, 3.05) is 13.2 Å². The lowest BCUT2D eigenvalue weighted by atomic mass is 9.66. The Morgan fingerprint density at radius 1 is 0.897 bits per heavy atom. The van der Waals surface area contributed by atoms with Crippen LogP contribution in [0.5, 0.6) is 11.5 Å². The average molecular weight is 531 g/mol. The predicted molar refractivity (Wildman–Crippen MR) is 150 cm³/mol. The van der Waals surface area contributed by atoms with Gasteiger partial charge in [0.25, 0.3) is 5.92 Å². The fourth-order valence-electron chi connectivity index (χ4n) is 5.83. The summed E-state index contributed by atoms with van der Waals surface area (Å²) < 4.78 is 39.6. The van der Waals surface area contributed by atoms with Gasteiger partial charge in [0, 0.05) is 18.9 Å². The average Bonchev–Trinajstić information content (AvgIpc) is 2.98. The second kappa shape index (κ2) is 12.6. The lowest BCUT2D eigenvalue weighted by molar-refractivity contribution is -0.0514. The van der Waals surface area contributed by atoms with Crippen molar-refractivity contribution in [2.45, 2.75) is 50.6 Å². The number of benzene rings is 3. The first-order valence-electron chi connectivity index (χ1n) is 13.9. The number of fused-ring (bicyclic) bond motifs is 1. The molecule has 2 aliphatic carbocycles. The molecule has 3 atom stereocenters. The highest BCUT2D eigenvalue weighted by atomic mass is 19.3. The number of alkyl halides is 2. The summed E-state index contributed by atoms with van der Waals surface area (Å²) in [5, 5.41) is 8.85. The zero-order valence-electron chi connectivity index (χ0n) is 22.1. The highest BCUT2D eigenvalue weighted by Crippen LogP contribution is 2.47. The molecule has 3 aromatic rings. The molecular formula is C34H36F2O3. The molecule has 0 saturated heterocycles. The van der Waals surface area contributed by atoms with Gasteiger partial charge in [0.15, 0.2) is 6.61 Å². The first-order valence-corrected chi connectivity index (χ1v) is 13.9. The fourth-order valence-corrected chi connectivity index (χ4v) is 5.83. The Labute approximate surface area is 229 Å². The van der Waals surface area contributed by atoms with E-state index in [1.807, 2.05) is 30.3 Å². The molecule has 3 nitrogen and oxygen atoms in total. The van der Waals surface area contributed by atoms with Crippen LogP contribution in [0.1, 0.15) is 53.9 Å². The van der Waals surface area contributed by atoms with E-state index in [1.165, 1.54) is 16.7 Å². The highest BCUT2D eigenvalue weighted by molar-refractivity contribution is 5.46. The molecule has 3 aromatic carbocycles. The first-order chi connectivity index (χ1) is 19.0. The molecule has 0 aliphatic heterocycles. The molecular weight excluding hydrogens is 494 g/mol. The van der Waals surface area contributed by atoms with E-state index in [4.69, 9.17) is 14.6 Å². The molecule has 5 rings (SSSR count). The molecule has 0 amide bonds. The molecule has 2 aliphatic rings. The number of aliphatic hydroxyl groups excluding tert-OH is 1. The monoisotopic (exact) mass is 530 g/mol. The van der Waals surface area contributed by atoms with E-state index in [-0.39, 0.29) is 25.4 Å². The predicted octanol–water partition coefficient (Wildman–Crippen LogP) is 7.88. The van der Waals surface area contributed by atoms with Crippen LogP contribution >= 0.6 is 0 Å². The van der Waals surface area contributed by atoms with Crippen LogP contribution in [0.2, 0.25) is 0 Å². The largest absolute Gasteiger partial charge is 0.489 e. The summed E-state index contributed by atoms with van der Waals surface area (Å²) in [7, 11) is 0. The third-order valence-corrected chi connectivity index (χ3v) is 7.83. The van der Waals surface area contributed by atoms with Crippen LogP contribution in [0.4, 0.5) is 8.78 Å². The number of ether oxygens (including phenoxy) is 2. The van der Waals surface area contributed by atoms with Crippen molar-refractivity contribution in [3.05, 3.63) is 119 Å². The minimum Gasteiger partial charge on any atom is -0.489 e. The third kappa shape index (κ3) is 6.96. The summed E-state index contributed by atoms with van der Waals surface area (Å²) in [6, 6.07) is 24.3. The van der Waals surface area contributed by atoms with Gasteiger partial charge in [-0.3, -0.25) is 0 Å². The second-order valence-electron chi connectivity index (χ2n) is 10.6. The molecule has 0 heterocycles. The van der Waals surface area contributed by atoms with Gasteiger partial charge in [-0.15, -0.1) is 0 Å². The van der Waals surface area contributed by atoms with Crippen molar-refractivity contribution in [1.82, 2.24) is 0 Å². The minimum absolute atomic E-state index is 0.0571. The van der Waals surface area contributed by atoms with Gasteiger partial charge in [0.1, 0.15) is 18.1 Å². The van der Waals surface area contributed by atoms with Gasteiger partial charge in [-0.2, -0.15) is 0 Å². The van der Waals surface area contributed by atoms with Crippen LogP contribution < -0.4 is 9.47 Å². The standard InChI is InChI=1S/C34H36F2O3/c35-34(36,20-7-21-37)24-39-29-15-12-27(13-16-29)33-31(26-10-5-2-6-11-26)18-14-28-22-30(17-19-32(28)33)38-23-25-8-3-1-4-9-25/h1-6,8-10,12-13,15-17,19,22,26,31,33,37H,7,11,14,18,20-21,23-24H2. The Balaban J connectivity index is 1.36. The Morgan fingerprint density at radius 2 is 1.69 bits per heavy atom. The van der Waals surface area contributed by atoms with E-state index in [0.29, 0.717) is 24.2 Å². The Hall–Kier alpha value is -3.44. The van der Waals surface area contributed by atoms with Gasteiger partial charge >= 0.3 is 0 Å². The number of hydrogen-bond donors (Lipinski definition) is 1. The number of aryl methyl sites for hydroxylation is 1. The first kappa shape index (κ1) is 27.1. The van der Waals surface area contributed by atoms with Gasteiger partial charge in [-0.05, 0) is 84.0 Å². The van der Waals surface area contributed by atoms with E-state index in [9.17, 15) is 8.78 Å². The van der Waals surface area contributed by atoms with Crippen LogP contribution in [-0.4, -0.2) is 24.2 Å². The van der Waals surface area contributed by atoms with E-state index in [1.54, 1.807) is 12.1 Å². The molecule has 204 valence electrons. The summed E-state index contributed by atoms with van der Waals surface area (Å²) in [6.07, 6.45) is 11.6. The van der Waals surface area contributed by atoms with E-state index in [0.717, 1.165) is 30.6 Å². The van der Waals surface area contributed by atoms with E-state index < -0.39 is 12.5 Å². The molecule has 5 heteroatoms. The van der Waals surface area contributed by atoms with Gasteiger partial charge in [-0.25, -0.2) is 8.78 Å². The summed E-state index contributed by atoms with van der Waals surface area (Å²) in [4.78, 5) is 0. The van der Waals surface area contributed by atoms with E-state index >= 15 is 0 Å². The molecule has 39 heavy (non-hydrogen) atoms. The molecule has 0 fully saturated rings. The van der Waals surface area contributed by atoms with Crippen molar-refractivity contribution >= 4 is 0 Å². The van der Waals surface area contributed by atoms with Gasteiger partial charge in [-0.1, -0.05) is 72.8 Å². The Kier molecular flexibility index (Phi) is 8.77. The van der Waals surface area contributed by atoms with Crippen molar-refractivity contribution < 1.29 is 23.4 Å². The molecule has 0 bridgehead atoms. The summed E-state index contributed by atoms with van der Waals surface area (Å²) in [5.41, 5.74) is 4.92. The van der Waals surface area contributed by atoms with Gasteiger partial charge in [0.2, 0.25) is 0 Å². The zero-order valence-corrected chi connectivity index (χ0v) is 22.1. The number of aliphatic hydroxyl groups is 1. The maximum absolute atomic E-state index is 14.0. The van der Waals surface area contributed by atoms with Crippen molar-refractivity contribution in [3.8, 4) is 11.5 Å². The number of allylic oxidation sites excluding steroid dienone is 4. The summed E-state index contributed by atoms with van der Waals surface area (Å²) in [5.74, 6) is -0.581. The van der Waals surface area contributed by atoms with Gasteiger partial charge < -0.3 is 14.6 Å². The fraction of sp³-hybridized carbons (Fsp3) is 0.353. The maximum atomic E-state index is 14.0. The lowest BCUT2D eigenvalue weighted by Crippen LogP contribution is -2.28. The molecule has 0 aromatic heterocycles. The van der Waals surface area contributed by atoms with Crippen LogP contribution in [0.3, 0.4) is 0 Å². The minimum atomic E-state index is -2.96. The van der Waals surface area contributed by atoms with Gasteiger partial charge in [0.05, 0.1) is 0 Å². The van der Waals surface area contributed by atoms with Crippen molar-refractivity contribution in [1.29, 1.82) is 0 Å². The van der Waals surface area contributed by atoms with Crippen molar-refractivity contribution in [2.24, 2.45) is 11.8 Å². The van der Waals surface area contributed by atoms with E-state index in [2.05, 4.69) is 54.6 Å². The van der Waals surface area contributed by atoms with Crippen molar-refractivity contribution in [3.63, 3.8) is 0 Å². The van der Waals surface area contributed by atoms with Crippen LogP contribution in [0.15, 0.2) is 97.1 Å². The quantitative estimate of drug-likeness (QED) is 0.274. The number of rotatable bonds is 11. The summed E-state index contributed by atoms with van der Waals surface area (Å²) >= 11 is 0. The zero-order chi connectivity index (χ0) is 27.1. The topological polar surface area (TPSA) is 38.7 Å². The Morgan fingerprint density at radius 3 is 2.44 bits per heavy atom. The maximum Gasteiger partial charge on any atom is 0.281 e. The highest BCUT2D eigenvalue weighted by Gasteiger charge is 2.35. The second-order valence-corrected chi connectivity index (χ2v) is 10.6. The molecule has 0 spiro atoms. The number of halogens is 2. The molecule has 0 saturated carbocycles. The molecule has 0 radical (unpaired) electrons. The smallest absolute Gasteiger partial charge is 0.281 e. The van der Waals surface area contributed by atoms with Crippen LogP contribution in [0, 0.1) is 11.8 Å². The summed E-state index contributed by atoms with van der Waals surface area (Å²) in [6.45, 7) is -0.404. The SMILES string of the molecule is OCCCC(F)(F)COc1ccc(C2c3ccc(OCc4ccccc4)cc3CCC2C2C=CC=CC2)cc1. The molecule has 3 unspecified atom stereocenters. The normalized spacial score (nSPS) is 20.4.